The summed E-state index contributed by atoms with van der Waals surface area (Å²) >= 11 is 0. The molecule has 19 heteroatoms. The zero-order valence-corrected chi connectivity index (χ0v) is 58.6. The van der Waals surface area contributed by atoms with Crippen molar-refractivity contribution in [1.29, 1.82) is 0 Å². The summed E-state index contributed by atoms with van der Waals surface area (Å²) in [6.07, 6.45) is 49.0. The van der Waals surface area contributed by atoms with Crippen molar-refractivity contribution in [2.75, 3.05) is 39.6 Å². The van der Waals surface area contributed by atoms with E-state index in [9.17, 15) is 43.2 Å². The number of rotatable bonds is 69. The molecule has 2 unspecified atom stereocenters. The molecule has 0 amide bonds. The minimum absolute atomic E-state index is 0.106. The molecule has 0 aromatic carbocycles. The predicted octanol–water partition coefficient (Wildman–Crippen LogP) is 19.7. The third-order valence-electron chi connectivity index (χ3n) is 16.0. The number of phosphoric ester groups is 2. The molecule has 3 N–H and O–H groups in total. The first-order valence-corrected chi connectivity index (χ1v) is 39.1. The molecule has 88 heavy (non-hydrogen) atoms. The second-order valence-electron chi connectivity index (χ2n) is 25.4. The van der Waals surface area contributed by atoms with E-state index in [4.69, 9.17) is 37.0 Å². The van der Waals surface area contributed by atoms with Gasteiger partial charge in [-0.1, -0.05) is 304 Å². The highest BCUT2D eigenvalue weighted by Gasteiger charge is 2.30. The lowest BCUT2D eigenvalue weighted by Crippen LogP contribution is -2.30. The quantitative estimate of drug-likeness (QED) is 0.0222. The highest BCUT2D eigenvalue weighted by Crippen LogP contribution is 2.45. The van der Waals surface area contributed by atoms with Gasteiger partial charge in [0.05, 0.1) is 26.4 Å². The number of carbonyl (C=O) groups excluding carboxylic acids is 4. The van der Waals surface area contributed by atoms with Gasteiger partial charge >= 0.3 is 39.5 Å². The van der Waals surface area contributed by atoms with Crippen molar-refractivity contribution >= 4 is 39.5 Å². The Bertz CT molecular complexity index is 1700. The van der Waals surface area contributed by atoms with Crippen molar-refractivity contribution in [1.82, 2.24) is 0 Å². The molecule has 0 saturated carbocycles. The van der Waals surface area contributed by atoms with Gasteiger partial charge in [-0.3, -0.25) is 37.3 Å². The van der Waals surface area contributed by atoms with Gasteiger partial charge in [0, 0.05) is 25.7 Å². The number of aliphatic hydroxyl groups excluding tert-OH is 1. The van der Waals surface area contributed by atoms with E-state index in [0.717, 1.165) is 102 Å². The van der Waals surface area contributed by atoms with Crippen LogP contribution in [0.15, 0.2) is 0 Å². The third kappa shape index (κ3) is 62.8. The Morgan fingerprint density at radius 1 is 0.307 bits per heavy atom. The second-order valence-corrected chi connectivity index (χ2v) is 28.3. The van der Waals surface area contributed by atoms with Crippen LogP contribution in [0.25, 0.3) is 0 Å². The molecule has 0 rings (SSSR count). The van der Waals surface area contributed by atoms with Gasteiger partial charge in [0.1, 0.15) is 19.3 Å². The van der Waals surface area contributed by atoms with Crippen LogP contribution in [0.3, 0.4) is 0 Å². The lowest BCUT2D eigenvalue weighted by molar-refractivity contribution is -0.161. The maximum atomic E-state index is 13.0. The molecule has 0 heterocycles. The van der Waals surface area contributed by atoms with Crippen molar-refractivity contribution < 1.29 is 80.2 Å². The fraction of sp³-hybridized carbons (Fsp3) is 0.942. The molecule has 0 aromatic rings. The van der Waals surface area contributed by atoms with Crippen molar-refractivity contribution in [2.45, 2.75) is 374 Å². The maximum absolute atomic E-state index is 13.0. The van der Waals surface area contributed by atoms with E-state index in [1.807, 2.05) is 0 Å². The van der Waals surface area contributed by atoms with E-state index in [1.165, 1.54) is 173 Å². The van der Waals surface area contributed by atoms with Crippen LogP contribution in [-0.4, -0.2) is 96.7 Å². The van der Waals surface area contributed by atoms with Gasteiger partial charge in [-0.25, -0.2) is 9.13 Å². The van der Waals surface area contributed by atoms with E-state index in [2.05, 4.69) is 34.6 Å². The first-order chi connectivity index (χ1) is 42.5. The monoisotopic (exact) mass is 1300 g/mol. The number of phosphoric acid groups is 2. The molecule has 17 nitrogen and oxygen atoms in total. The summed E-state index contributed by atoms with van der Waals surface area (Å²) in [6.45, 7) is 7.17. The molecule has 0 aliphatic heterocycles. The zero-order chi connectivity index (χ0) is 64.9. The van der Waals surface area contributed by atoms with Crippen LogP contribution in [0.5, 0.6) is 0 Å². The van der Waals surface area contributed by atoms with E-state index in [0.29, 0.717) is 25.7 Å². The van der Waals surface area contributed by atoms with Crippen LogP contribution in [0, 0.1) is 5.92 Å². The SMILES string of the molecule is CCCCCCCCCCCCCCC(=O)OC[C@H](COP(=O)(O)OC[C@@H](O)COP(=O)(O)OC[C@@H](COC(=O)CCCCCCC)OC(=O)CCCCCCCCCCCC)OC(=O)CCCCCCCCCCCCCCCCCCCCC(C)C. The number of hydrogen-bond acceptors (Lipinski definition) is 15. The topological polar surface area (TPSA) is 237 Å². The summed E-state index contributed by atoms with van der Waals surface area (Å²) in [4.78, 5) is 72.1. The number of ether oxygens (including phenoxy) is 4. The summed E-state index contributed by atoms with van der Waals surface area (Å²) in [5, 5.41) is 10.5. The van der Waals surface area contributed by atoms with Crippen molar-refractivity contribution in [3.63, 3.8) is 0 Å². The number of esters is 4. The molecule has 0 aliphatic rings. The Balaban J connectivity index is 5.09. The molecule has 0 saturated heterocycles. The zero-order valence-electron chi connectivity index (χ0n) is 56.9. The molecular formula is C69H134O17P2. The Kier molecular flexibility index (Phi) is 61.1. The molecule has 522 valence electrons. The van der Waals surface area contributed by atoms with E-state index in [1.54, 1.807) is 0 Å². The van der Waals surface area contributed by atoms with Gasteiger partial charge in [0.15, 0.2) is 12.2 Å². The van der Waals surface area contributed by atoms with Crippen molar-refractivity contribution in [2.24, 2.45) is 5.92 Å². The predicted molar refractivity (Wildman–Crippen MR) is 354 cm³/mol. The molecular weight excluding hydrogens is 1160 g/mol. The summed E-state index contributed by atoms with van der Waals surface area (Å²) in [6, 6.07) is 0. The highest BCUT2D eigenvalue weighted by atomic mass is 31.2. The molecule has 0 aromatic heterocycles. The van der Waals surface area contributed by atoms with Gasteiger partial charge in [-0.15, -0.1) is 0 Å². The summed E-state index contributed by atoms with van der Waals surface area (Å²) < 4.78 is 68.0. The highest BCUT2D eigenvalue weighted by molar-refractivity contribution is 7.47. The number of hydrogen-bond donors (Lipinski definition) is 3. The van der Waals surface area contributed by atoms with Crippen LogP contribution in [0.2, 0.25) is 0 Å². The average Bonchev–Trinajstić information content (AvgIpc) is 3.54. The lowest BCUT2D eigenvalue weighted by Gasteiger charge is -2.21. The van der Waals surface area contributed by atoms with E-state index >= 15 is 0 Å². The number of unbranched alkanes of at least 4 members (excludes halogenated alkanes) is 41. The summed E-state index contributed by atoms with van der Waals surface area (Å²) in [7, 11) is -9.88. The molecule has 0 radical (unpaired) electrons. The first kappa shape index (κ1) is 86.1. The lowest BCUT2D eigenvalue weighted by atomic mass is 10.0. The van der Waals surface area contributed by atoms with Gasteiger partial charge in [-0.2, -0.15) is 0 Å². The average molecular weight is 1300 g/mol. The van der Waals surface area contributed by atoms with Crippen LogP contribution >= 0.6 is 15.6 Å². The fourth-order valence-electron chi connectivity index (χ4n) is 10.5. The van der Waals surface area contributed by atoms with Crippen molar-refractivity contribution in [3.8, 4) is 0 Å². The number of aliphatic hydroxyl groups is 1. The Morgan fingerprint density at radius 2 is 0.523 bits per heavy atom. The molecule has 0 bridgehead atoms. The Morgan fingerprint density at radius 3 is 0.773 bits per heavy atom. The standard InChI is InChI=1S/C69H134O17P2/c1-6-9-12-15-17-19-21-31-35-38-43-48-53-67(72)80-59-65(86-69(74)55-50-45-40-36-32-29-27-25-23-22-24-26-28-30-33-37-42-46-51-62(4)5)61-84-88(77,78)82-57-63(70)56-81-87(75,76)83-60-64(58-79-66(71)52-47-41-14-11-8-3)85-68(73)54-49-44-39-34-20-18-16-13-10-7-2/h62-65,70H,6-61H2,1-5H3,(H,75,76)(H,77,78)/t63-,64+,65+/m0/s1. The minimum atomic E-state index is -4.95. The van der Waals surface area contributed by atoms with E-state index < -0.39 is 97.5 Å². The number of carbonyl (C=O) groups is 4. The minimum Gasteiger partial charge on any atom is -0.462 e. The largest absolute Gasteiger partial charge is 0.472 e. The summed E-state index contributed by atoms with van der Waals surface area (Å²) in [5.74, 6) is -1.32. The molecule has 5 atom stereocenters. The van der Waals surface area contributed by atoms with Crippen LogP contribution in [0.4, 0.5) is 0 Å². The maximum Gasteiger partial charge on any atom is 0.472 e. The third-order valence-corrected chi connectivity index (χ3v) is 17.9. The molecule has 0 aliphatic carbocycles. The Hall–Kier alpha value is -1.94. The van der Waals surface area contributed by atoms with Gasteiger partial charge < -0.3 is 33.8 Å². The molecule has 0 fully saturated rings. The van der Waals surface area contributed by atoms with Crippen LogP contribution < -0.4 is 0 Å². The Labute approximate surface area is 537 Å². The normalized spacial score (nSPS) is 14.1. The van der Waals surface area contributed by atoms with E-state index in [-0.39, 0.29) is 25.7 Å². The first-order valence-electron chi connectivity index (χ1n) is 36.1. The van der Waals surface area contributed by atoms with Gasteiger partial charge in [0.25, 0.3) is 0 Å². The van der Waals surface area contributed by atoms with Gasteiger partial charge in [0.2, 0.25) is 0 Å². The van der Waals surface area contributed by atoms with Gasteiger partial charge in [-0.05, 0) is 31.6 Å². The smallest absolute Gasteiger partial charge is 0.462 e. The van der Waals surface area contributed by atoms with Crippen LogP contribution in [0.1, 0.15) is 356 Å². The summed E-state index contributed by atoms with van der Waals surface area (Å²) in [5.41, 5.74) is 0. The van der Waals surface area contributed by atoms with Crippen molar-refractivity contribution in [3.05, 3.63) is 0 Å². The fourth-order valence-corrected chi connectivity index (χ4v) is 12.0. The van der Waals surface area contributed by atoms with Crippen LogP contribution in [-0.2, 0) is 65.4 Å². The second kappa shape index (κ2) is 62.5. The molecule has 0 spiro atoms.